The van der Waals surface area contributed by atoms with Crippen molar-refractivity contribution in [2.45, 2.75) is 79.4 Å². The van der Waals surface area contributed by atoms with E-state index in [2.05, 4.69) is 0 Å². The third kappa shape index (κ3) is 7.04. The van der Waals surface area contributed by atoms with E-state index >= 15 is 0 Å². The maximum atomic E-state index is 12.2. The van der Waals surface area contributed by atoms with Gasteiger partial charge in [-0.15, -0.1) is 0 Å². The lowest BCUT2D eigenvalue weighted by Crippen LogP contribution is -2.40. The average molecular weight is 286 g/mol. The van der Waals surface area contributed by atoms with Crippen LogP contribution in [0.4, 0.5) is 0 Å². The highest BCUT2D eigenvalue weighted by atomic mass is 16.5. The molecule has 0 aromatic heterocycles. The smallest absolute Gasteiger partial charge is 0.309 e. The minimum Gasteiger partial charge on any atom is -0.481 e. The van der Waals surface area contributed by atoms with E-state index in [0.29, 0.717) is 6.42 Å². The Balaban J connectivity index is 5.15. The molecule has 0 aliphatic heterocycles. The number of carbonyl (C=O) groups is 2. The predicted octanol–water partition coefficient (Wildman–Crippen LogP) is 3.68. The fourth-order valence-electron chi connectivity index (χ4n) is 1.99. The van der Waals surface area contributed by atoms with Crippen LogP contribution in [0.3, 0.4) is 0 Å². The zero-order valence-corrected chi connectivity index (χ0v) is 13.9. The number of hydrogen-bond donors (Lipinski definition) is 1. The van der Waals surface area contributed by atoms with Gasteiger partial charge in [0, 0.05) is 11.8 Å². The largest absolute Gasteiger partial charge is 0.481 e. The number of aliphatic carboxylic acids is 1. The molecule has 0 aliphatic carbocycles. The zero-order valence-electron chi connectivity index (χ0n) is 13.9. The number of ether oxygens (including phenoxy) is 1. The summed E-state index contributed by atoms with van der Waals surface area (Å²) in [5, 5.41) is 9.40. The molecule has 0 rings (SSSR count). The summed E-state index contributed by atoms with van der Waals surface area (Å²) in [6, 6.07) is 0. The lowest BCUT2D eigenvalue weighted by molar-refractivity contribution is -0.157. The highest BCUT2D eigenvalue weighted by Crippen LogP contribution is 2.27. The van der Waals surface area contributed by atoms with Crippen molar-refractivity contribution in [3.63, 3.8) is 0 Å². The molecule has 20 heavy (non-hydrogen) atoms. The summed E-state index contributed by atoms with van der Waals surface area (Å²) < 4.78 is 5.88. The Bertz CT molecular complexity index is 333. The van der Waals surface area contributed by atoms with Crippen molar-refractivity contribution in [2.75, 3.05) is 0 Å². The molecule has 2 atom stereocenters. The summed E-state index contributed by atoms with van der Waals surface area (Å²) >= 11 is 0. The first-order valence-corrected chi connectivity index (χ1v) is 7.32. The summed E-state index contributed by atoms with van der Waals surface area (Å²) in [4.78, 5) is 23.7. The fraction of sp³-hybridized carbons (Fsp3) is 0.875. The summed E-state index contributed by atoms with van der Waals surface area (Å²) in [5.41, 5.74) is -0.945. The summed E-state index contributed by atoms with van der Waals surface area (Å²) in [7, 11) is 0. The number of carboxylic acids is 1. The lowest BCUT2D eigenvalue weighted by atomic mass is 9.84. The highest BCUT2D eigenvalue weighted by Gasteiger charge is 2.35. The van der Waals surface area contributed by atoms with E-state index in [1.54, 1.807) is 0 Å². The molecule has 0 fully saturated rings. The van der Waals surface area contributed by atoms with Gasteiger partial charge in [0.05, 0.1) is 17.6 Å². The van der Waals surface area contributed by atoms with Crippen molar-refractivity contribution in [3.8, 4) is 0 Å². The van der Waals surface area contributed by atoms with Gasteiger partial charge in [-0.05, 0) is 27.2 Å². The predicted molar refractivity (Wildman–Crippen MR) is 79.7 cm³/mol. The molecule has 0 bridgehead atoms. The van der Waals surface area contributed by atoms with Gasteiger partial charge in [-0.25, -0.2) is 0 Å². The Labute approximate surface area is 122 Å². The van der Waals surface area contributed by atoms with Crippen LogP contribution in [0.2, 0.25) is 0 Å². The van der Waals surface area contributed by atoms with Gasteiger partial charge in [0.15, 0.2) is 0 Å². The Kier molecular flexibility index (Phi) is 6.88. The Morgan fingerprint density at radius 1 is 1.10 bits per heavy atom. The van der Waals surface area contributed by atoms with Crippen molar-refractivity contribution < 1.29 is 19.4 Å². The van der Waals surface area contributed by atoms with Crippen LogP contribution >= 0.6 is 0 Å². The highest BCUT2D eigenvalue weighted by molar-refractivity contribution is 5.84. The molecule has 118 valence electrons. The van der Waals surface area contributed by atoms with Crippen LogP contribution in [0.25, 0.3) is 0 Å². The molecular weight excluding hydrogens is 256 g/mol. The normalized spacial score (nSPS) is 15.8. The van der Waals surface area contributed by atoms with E-state index in [4.69, 9.17) is 4.74 Å². The summed E-state index contributed by atoms with van der Waals surface area (Å²) in [6.45, 7) is 13.1. The van der Waals surface area contributed by atoms with Crippen molar-refractivity contribution >= 4 is 11.8 Å². The molecular formula is C16H30O4. The van der Waals surface area contributed by atoms with Crippen LogP contribution < -0.4 is 0 Å². The van der Waals surface area contributed by atoms with Crippen LogP contribution in [-0.4, -0.2) is 28.6 Å². The van der Waals surface area contributed by atoms with Crippen LogP contribution in [0.1, 0.15) is 67.7 Å². The van der Waals surface area contributed by atoms with E-state index in [1.165, 1.54) is 0 Å². The minimum atomic E-state index is -0.886. The molecule has 0 amide bonds. The van der Waals surface area contributed by atoms with E-state index in [-0.39, 0.29) is 12.2 Å². The van der Waals surface area contributed by atoms with Gasteiger partial charge in [0.25, 0.3) is 0 Å². The molecule has 0 spiro atoms. The molecule has 4 heteroatoms. The van der Waals surface area contributed by atoms with Crippen LogP contribution in [-0.2, 0) is 14.3 Å². The maximum Gasteiger partial charge on any atom is 0.309 e. The molecule has 4 nitrogen and oxygen atoms in total. The zero-order chi connectivity index (χ0) is 16.1. The van der Waals surface area contributed by atoms with Crippen molar-refractivity contribution in [1.82, 2.24) is 0 Å². The summed E-state index contributed by atoms with van der Waals surface area (Å²) in [5.74, 6) is -1.48. The quantitative estimate of drug-likeness (QED) is 0.775. The molecule has 0 aliphatic rings. The van der Waals surface area contributed by atoms with Gasteiger partial charge >= 0.3 is 5.97 Å². The van der Waals surface area contributed by atoms with Gasteiger partial charge in [-0.3, -0.25) is 9.59 Å². The average Bonchev–Trinajstić information content (AvgIpc) is 2.21. The van der Waals surface area contributed by atoms with Gasteiger partial charge in [-0.2, -0.15) is 0 Å². The van der Waals surface area contributed by atoms with Gasteiger partial charge in [-0.1, -0.05) is 34.1 Å². The first-order chi connectivity index (χ1) is 8.88. The molecule has 0 aromatic carbocycles. The third-order valence-electron chi connectivity index (χ3n) is 3.09. The first kappa shape index (κ1) is 19.1. The van der Waals surface area contributed by atoms with Gasteiger partial charge in [0.2, 0.25) is 0 Å². The topological polar surface area (TPSA) is 63.6 Å². The Hall–Kier alpha value is -0.900. The lowest BCUT2D eigenvalue weighted by Gasteiger charge is -2.32. The van der Waals surface area contributed by atoms with Crippen LogP contribution in [0.5, 0.6) is 0 Å². The molecule has 0 aromatic rings. The van der Waals surface area contributed by atoms with Gasteiger partial charge in [0.1, 0.15) is 5.78 Å². The van der Waals surface area contributed by atoms with E-state index in [9.17, 15) is 14.7 Å². The molecule has 1 N–H and O–H groups in total. The number of ketones is 1. The number of rotatable bonds is 7. The minimum absolute atomic E-state index is 0.0362. The van der Waals surface area contributed by atoms with Crippen molar-refractivity contribution in [3.05, 3.63) is 0 Å². The van der Waals surface area contributed by atoms with Crippen LogP contribution in [0, 0.1) is 11.3 Å². The second-order valence-corrected chi connectivity index (χ2v) is 7.38. The van der Waals surface area contributed by atoms with E-state index in [0.717, 1.165) is 6.42 Å². The monoisotopic (exact) mass is 286 g/mol. The second kappa shape index (κ2) is 7.21. The van der Waals surface area contributed by atoms with Gasteiger partial charge < -0.3 is 9.84 Å². The molecule has 0 saturated heterocycles. The maximum absolute atomic E-state index is 12.2. The number of Topliss-reactive ketones (excluding diaryl/α,β-unsaturated/α-hetero) is 1. The standard InChI is InChI=1S/C16H30O4/c1-8-9-11(14(18)19)12(20-16(5,6)7)10-13(17)15(2,3)4/h11-12H,8-10H2,1-7H3,(H,18,19). The Morgan fingerprint density at radius 3 is 1.90 bits per heavy atom. The molecule has 0 radical (unpaired) electrons. The second-order valence-electron chi connectivity index (χ2n) is 7.38. The fourth-order valence-corrected chi connectivity index (χ4v) is 1.99. The summed E-state index contributed by atoms with van der Waals surface area (Å²) in [6.07, 6.45) is 0.856. The molecule has 0 heterocycles. The van der Waals surface area contributed by atoms with E-state index < -0.39 is 29.0 Å². The number of carbonyl (C=O) groups excluding carboxylic acids is 1. The SMILES string of the molecule is CCCC(C(=O)O)C(CC(=O)C(C)(C)C)OC(C)(C)C. The number of carboxylic acid groups (broad SMARTS) is 1. The van der Waals surface area contributed by atoms with Crippen molar-refractivity contribution in [1.29, 1.82) is 0 Å². The molecule has 0 saturated carbocycles. The van der Waals surface area contributed by atoms with Crippen LogP contribution in [0.15, 0.2) is 0 Å². The molecule has 2 unspecified atom stereocenters. The van der Waals surface area contributed by atoms with Crippen molar-refractivity contribution in [2.24, 2.45) is 11.3 Å². The third-order valence-corrected chi connectivity index (χ3v) is 3.09. The first-order valence-electron chi connectivity index (χ1n) is 7.32. The van der Waals surface area contributed by atoms with E-state index in [1.807, 2.05) is 48.5 Å². The number of hydrogen-bond acceptors (Lipinski definition) is 3. The Morgan fingerprint density at radius 2 is 1.60 bits per heavy atom.